The molecule has 0 saturated heterocycles. The van der Waals surface area contributed by atoms with Crippen LogP contribution in [0.5, 0.6) is 5.75 Å². The maximum Gasteiger partial charge on any atom is 0.346 e. The van der Waals surface area contributed by atoms with Crippen LogP contribution in [0.15, 0.2) is 27.4 Å². The second kappa shape index (κ2) is 7.72. The Morgan fingerprint density at radius 1 is 1.16 bits per heavy atom. The summed E-state index contributed by atoms with van der Waals surface area (Å²) in [6.07, 6.45) is 6.39. The molecular formula is C20H25NO4. The van der Waals surface area contributed by atoms with Crippen molar-refractivity contribution in [3.8, 4) is 5.75 Å². The maximum absolute atomic E-state index is 11.9. The summed E-state index contributed by atoms with van der Waals surface area (Å²) in [5, 5.41) is 0.683. The molecule has 0 N–H and O–H groups in total. The van der Waals surface area contributed by atoms with Crippen molar-refractivity contribution in [3.63, 3.8) is 0 Å². The lowest BCUT2D eigenvalue weighted by molar-refractivity contribution is 0.112. The summed E-state index contributed by atoms with van der Waals surface area (Å²) < 4.78 is 11.7. The molecule has 1 aliphatic rings. The van der Waals surface area contributed by atoms with E-state index in [9.17, 15) is 9.59 Å². The molecule has 1 heterocycles. The Morgan fingerprint density at radius 2 is 1.88 bits per heavy atom. The third kappa shape index (κ3) is 3.70. The van der Waals surface area contributed by atoms with Gasteiger partial charge in [-0.3, -0.25) is 4.79 Å². The van der Waals surface area contributed by atoms with Crippen LogP contribution in [0.1, 0.15) is 56.3 Å². The number of ether oxygens (including phenoxy) is 1. The molecule has 3 rings (SSSR count). The summed E-state index contributed by atoms with van der Waals surface area (Å²) in [7, 11) is 0. The van der Waals surface area contributed by atoms with E-state index in [-0.39, 0.29) is 11.7 Å². The SMILES string of the molecule is CCN(CC)c1cc(OC2CCCCC2)c2cc(C=O)c(=O)oc2c1. The van der Waals surface area contributed by atoms with Crippen molar-refractivity contribution in [1.82, 2.24) is 0 Å². The molecule has 0 bridgehead atoms. The molecule has 2 aromatic rings. The van der Waals surface area contributed by atoms with Crippen molar-refractivity contribution < 1.29 is 13.9 Å². The van der Waals surface area contributed by atoms with Crippen LogP contribution in [0, 0.1) is 0 Å². The van der Waals surface area contributed by atoms with Crippen molar-refractivity contribution in [2.24, 2.45) is 0 Å². The predicted molar refractivity (Wildman–Crippen MR) is 98.9 cm³/mol. The highest BCUT2D eigenvalue weighted by atomic mass is 16.5. The Morgan fingerprint density at radius 3 is 2.52 bits per heavy atom. The van der Waals surface area contributed by atoms with Gasteiger partial charge in [-0.05, 0) is 45.6 Å². The topological polar surface area (TPSA) is 59.8 Å². The van der Waals surface area contributed by atoms with Crippen LogP contribution in [-0.2, 0) is 0 Å². The zero-order valence-corrected chi connectivity index (χ0v) is 14.9. The summed E-state index contributed by atoms with van der Waals surface area (Å²) in [5.41, 5.74) is 0.843. The first-order chi connectivity index (χ1) is 12.2. The van der Waals surface area contributed by atoms with Crippen LogP contribution in [-0.4, -0.2) is 25.5 Å². The third-order valence-electron chi connectivity index (χ3n) is 4.93. The van der Waals surface area contributed by atoms with E-state index in [2.05, 4.69) is 18.7 Å². The van der Waals surface area contributed by atoms with Gasteiger partial charge in [0.1, 0.15) is 16.9 Å². The van der Waals surface area contributed by atoms with Crippen LogP contribution in [0.2, 0.25) is 0 Å². The lowest BCUT2D eigenvalue weighted by atomic mass is 9.97. The summed E-state index contributed by atoms with van der Waals surface area (Å²) >= 11 is 0. The number of anilines is 1. The number of carbonyl (C=O) groups excluding carboxylic acids is 1. The van der Waals surface area contributed by atoms with Gasteiger partial charge in [-0.1, -0.05) is 6.42 Å². The molecule has 25 heavy (non-hydrogen) atoms. The van der Waals surface area contributed by atoms with Gasteiger partial charge in [-0.25, -0.2) is 4.79 Å². The number of fused-ring (bicyclic) bond motifs is 1. The molecule has 1 fully saturated rings. The fraction of sp³-hybridized carbons (Fsp3) is 0.500. The summed E-state index contributed by atoms with van der Waals surface area (Å²) in [5.74, 6) is 0.693. The quantitative estimate of drug-likeness (QED) is 0.582. The summed E-state index contributed by atoms with van der Waals surface area (Å²) in [6.45, 7) is 5.87. The zero-order chi connectivity index (χ0) is 17.8. The number of carbonyl (C=O) groups is 1. The van der Waals surface area contributed by atoms with Gasteiger partial charge in [0.2, 0.25) is 0 Å². The monoisotopic (exact) mass is 343 g/mol. The van der Waals surface area contributed by atoms with Crippen molar-refractivity contribution in [1.29, 1.82) is 0 Å². The molecule has 5 nitrogen and oxygen atoms in total. The van der Waals surface area contributed by atoms with Gasteiger partial charge in [0.15, 0.2) is 6.29 Å². The Kier molecular flexibility index (Phi) is 5.41. The third-order valence-corrected chi connectivity index (χ3v) is 4.93. The highest BCUT2D eigenvalue weighted by Crippen LogP contribution is 2.34. The molecule has 0 atom stereocenters. The number of rotatable bonds is 6. The van der Waals surface area contributed by atoms with Crippen LogP contribution < -0.4 is 15.3 Å². The predicted octanol–water partition coefficient (Wildman–Crippen LogP) is 4.16. The van der Waals surface area contributed by atoms with E-state index in [0.29, 0.717) is 23.0 Å². The van der Waals surface area contributed by atoms with E-state index in [4.69, 9.17) is 9.15 Å². The zero-order valence-electron chi connectivity index (χ0n) is 14.9. The fourth-order valence-electron chi connectivity index (χ4n) is 3.50. The van der Waals surface area contributed by atoms with Gasteiger partial charge in [-0.2, -0.15) is 0 Å². The van der Waals surface area contributed by atoms with Crippen molar-refractivity contribution in [2.75, 3.05) is 18.0 Å². The van der Waals surface area contributed by atoms with Crippen molar-refractivity contribution in [2.45, 2.75) is 52.1 Å². The van der Waals surface area contributed by atoms with E-state index < -0.39 is 5.63 Å². The molecule has 0 aliphatic heterocycles. The van der Waals surface area contributed by atoms with Crippen LogP contribution >= 0.6 is 0 Å². The molecular weight excluding hydrogens is 318 g/mol. The van der Waals surface area contributed by atoms with Crippen LogP contribution in [0.4, 0.5) is 5.69 Å². The first-order valence-electron chi connectivity index (χ1n) is 9.15. The van der Waals surface area contributed by atoms with E-state index >= 15 is 0 Å². The van der Waals surface area contributed by atoms with Gasteiger partial charge in [-0.15, -0.1) is 0 Å². The number of hydrogen-bond acceptors (Lipinski definition) is 5. The fourth-order valence-corrected chi connectivity index (χ4v) is 3.50. The average Bonchev–Trinajstić information content (AvgIpc) is 2.63. The largest absolute Gasteiger partial charge is 0.490 e. The average molecular weight is 343 g/mol. The molecule has 134 valence electrons. The second-order valence-corrected chi connectivity index (χ2v) is 6.51. The standard InChI is InChI=1S/C20H25NO4/c1-3-21(4-2)15-11-18(24-16-8-6-5-7-9-16)17-10-14(13-22)20(23)25-19(17)12-15/h10-13,16H,3-9H2,1-2H3. The Hall–Kier alpha value is -2.30. The first-order valence-corrected chi connectivity index (χ1v) is 9.15. The van der Waals surface area contributed by atoms with Crippen molar-refractivity contribution >= 4 is 22.9 Å². The molecule has 0 amide bonds. The molecule has 1 aromatic carbocycles. The van der Waals surface area contributed by atoms with Crippen LogP contribution in [0.3, 0.4) is 0 Å². The lowest BCUT2D eigenvalue weighted by Gasteiger charge is -2.26. The van der Waals surface area contributed by atoms with Gasteiger partial charge in [0.25, 0.3) is 0 Å². The summed E-state index contributed by atoms with van der Waals surface area (Å²) in [4.78, 5) is 25.2. The maximum atomic E-state index is 11.9. The molecule has 1 saturated carbocycles. The highest BCUT2D eigenvalue weighted by molar-refractivity contribution is 5.91. The minimum absolute atomic E-state index is 0.0246. The molecule has 0 radical (unpaired) electrons. The van der Waals surface area contributed by atoms with Gasteiger partial charge in [0.05, 0.1) is 11.5 Å². The number of hydrogen-bond donors (Lipinski definition) is 0. The van der Waals surface area contributed by atoms with E-state index in [1.165, 1.54) is 19.3 Å². The number of nitrogens with zero attached hydrogens (tertiary/aromatic N) is 1. The highest BCUT2D eigenvalue weighted by Gasteiger charge is 2.19. The van der Waals surface area contributed by atoms with Gasteiger partial charge < -0.3 is 14.1 Å². The normalized spacial score (nSPS) is 15.3. The number of aldehydes is 1. The summed E-state index contributed by atoms with van der Waals surface area (Å²) in [6, 6.07) is 5.43. The van der Waals surface area contributed by atoms with Gasteiger partial charge in [0, 0.05) is 30.9 Å². The smallest absolute Gasteiger partial charge is 0.346 e. The Labute approximate surface area is 147 Å². The Balaban J connectivity index is 2.11. The lowest BCUT2D eigenvalue weighted by Crippen LogP contribution is -2.23. The molecule has 1 aliphatic carbocycles. The minimum atomic E-state index is -0.609. The van der Waals surface area contributed by atoms with Gasteiger partial charge >= 0.3 is 5.63 Å². The molecule has 0 spiro atoms. The molecule has 1 aromatic heterocycles. The molecule has 0 unspecified atom stereocenters. The second-order valence-electron chi connectivity index (χ2n) is 6.51. The van der Waals surface area contributed by atoms with E-state index in [0.717, 1.165) is 31.6 Å². The minimum Gasteiger partial charge on any atom is -0.490 e. The molecule has 5 heteroatoms. The first kappa shape index (κ1) is 17.5. The Bertz CT molecular complexity index is 801. The number of benzene rings is 1. The van der Waals surface area contributed by atoms with E-state index in [1.54, 1.807) is 6.07 Å². The van der Waals surface area contributed by atoms with Crippen molar-refractivity contribution in [3.05, 3.63) is 34.2 Å². The van der Waals surface area contributed by atoms with Crippen LogP contribution in [0.25, 0.3) is 11.0 Å². The van der Waals surface area contributed by atoms with E-state index in [1.807, 2.05) is 12.1 Å².